The minimum atomic E-state index is 0.614. The zero-order valence-electron chi connectivity index (χ0n) is 11.4. The number of rotatable bonds is 0. The number of fused-ring (bicyclic) bond motifs is 5. The molecule has 3 aromatic rings. The lowest BCUT2D eigenvalue weighted by molar-refractivity contribution is 0.602. The molecule has 3 aromatic heterocycles. The average Bonchev–Trinajstić information content (AvgIpc) is 2.90. The highest BCUT2D eigenvalue weighted by molar-refractivity contribution is 7.19. The first-order valence-corrected chi connectivity index (χ1v) is 7.62. The predicted octanol–water partition coefficient (Wildman–Crippen LogP) is 3.40. The van der Waals surface area contributed by atoms with Crippen molar-refractivity contribution in [3.8, 4) is 0 Å². The number of aryl methyl sites for hydroxylation is 3. The van der Waals surface area contributed by atoms with E-state index in [2.05, 4.69) is 17.0 Å². The van der Waals surface area contributed by atoms with Gasteiger partial charge >= 0.3 is 0 Å². The molecule has 0 spiro atoms. The molecule has 3 heterocycles. The maximum atomic E-state index is 4.74. The molecule has 1 aliphatic carbocycles. The Hall–Kier alpha value is -1.49. The van der Waals surface area contributed by atoms with Crippen molar-refractivity contribution in [3.63, 3.8) is 0 Å². The van der Waals surface area contributed by atoms with Crippen LogP contribution in [0, 0.1) is 13.8 Å². The van der Waals surface area contributed by atoms with Gasteiger partial charge in [-0.05, 0) is 44.6 Å². The van der Waals surface area contributed by atoms with Crippen LogP contribution in [0.3, 0.4) is 0 Å². The minimum Gasteiger partial charge on any atom is -0.222 e. The molecule has 0 unspecified atom stereocenters. The van der Waals surface area contributed by atoms with Crippen molar-refractivity contribution >= 4 is 27.2 Å². The highest BCUT2D eigenvalue weighted by Gasteiger charge is 2.25. The maximum Gasteiger partial charge on any atom is 0.168 e. The summed E-state index contributed by atoms with van der Waals surface area (Å²) in [6.45, 7) is 6.27. The molecule has 4 rings (SSSR count). The number of hydrogen-bond donors (Lipinski definition) is 0. The van der Waals surface area contributed by atoms with Crippen molar-refractivity contribution < 1.29 is 0 Å². The number of aromatic nitrogens is 4. The molecule has 0 N–H and O–H groups in total. The van der Waals surface area contributed by atoms with E-state index in [4.69, 9.17) is 4.98 Å². The van der Waals surface area contributed by atoms with E-state index in [9.17, 15) is 0 Å². The minimum absolute atomic E-state index is 0.614. The van der Waals surface area contributed by atoms with Gasteiger partial charge < -0.3 is 0 Å². The van der Waals surface area contributed by atoms with Crippen molar-refractivity contribution in [2.45, 2.75) is 46.0 Å². The van der Waals surface area contributed by atoms with Crippen LogP contribution in [-0.2, 0) is 6.42 Å². The molecule has 0 radical (unpaired) electrons. The summed E-state index contributed by atoms with van der Waals surface area (Å²) >= 11 is 1.85. The first-order valence-electron chi connectivity index (χ1n) is 6.80. The van der Waals surface area contributed by atoms with E-state index >= 15 is 0 Å². The van der Waals surface area contributed by atoms with Gasteiger partial charge in [0.15, 0.2) is 5.65 Å². The van der Waals surface area contributed by atoms with E-state index in [-0.39, 0.29) is 0 Å². The van der Waals surface area contributed by atoms with Crippen LogP contribution >= 0.6 is 11.3 Å². The third-order valence-corrected chi connectivity index (χ3v) is 5.20. The lowest BCUT2D eigenvalue weighted by Crippen LogP contribution is -2.05. The van der Waals surface area contributed by atoms with E-state index < -0.39 is 0 Å². The van der Waals surface area contributed by atoms with Gasteiger partial charge in [-0.3, -0.25) is 0 Å². The van der Waals surface area contributed by atoms with Gasteiger partial charge in [0.05, 0.1) is 5.39 Å². The number of nitrogens with zero attached hydrogens (tertiary/aromatic N) is 4. The fourth-order valence-electron chi connectivity index (χ4n) is 3.19. The van der Waals surface area contributed by atoms with Crippen molar-refractivity contribution in [1.29, 1.82) is 0 Å². The summed E-state index contributed by atoms with van der Waals surface area (Å²) in [5.41, 5.74) is 2.47. The molecule has 1 atom stereocenters. The molecule has 0 fully saturated rings. The fraction of sp³-hybridized carbons (Fsp3) is 0.500. The lowest BCUT2D eigenvalue weighted by atomic mass is 9.87. The summed E-state index contributed by atoms with van der Waals surface area (Å²) < 4.78 is 1.89. The second-order valence-corrected chi connectivity index (χ2v) is 6.55. The molecule has 0 aromatic carbocycles. The molecule has 0 saturated heterocycles. The molecular formula is C14H16N4S. The van der Waals surface area contributed by atoms with Crippen LogP contribution in [0.25, 0.3) is 15.9 Å². The zero-order chi connectivity index (χ0) is 13.1. The summed E-state index contributed by atoms with van der Waals surface area (Å²) in [6.07, 6.45) is 3.76. The molecule has 4 nitrogen and oxygen atoms in total. The van der Waals surface area contributed by atoms with E-state index in [1.807, 2.05) is 29.7 Å². The van der Waals surface area contributed by atoms with E-state index in [1.165, 1.54) is 35.1 Å². The Bertz CT molecular complexity index is 799. The molecular weight excluding hydrogens is 256 g/mol. The van der Waals surface area contributed by atoms with E-state index in [1.54, 1.807) is 0 Å². The van der Waals surface area contributed by atoms with Gasteiger partial charge in [0, 0.05) is 4.88 Å². The van der Waals surface area contributed by atoms with Crippen LogP contribution in [0.1, 0.15) is 47.8 Å². The van der Waals surface area contributed by atoms with Crippen LogP contribution < -0.4 is 0 Å². The molecule has 1 aliphatic rings. The standard InChI is InChI=1S/C14H16N4S/c1-7-5-4-6-10-11(7)12-13-15-8(2)17-18(13)9(3)16-14(12)19-10/h7H,4-6H2,1-3H3/t7-/m0/s1. The van der Waals surface area contributed by atoms with Gasteiger partial charge in [0.25, 0.3) is 0 Å². The van der Waals surface area contributed by atoms with Gasteiger partial charge in [-0.15, -0.1) is 16.4 Å². The Balaban J connectivity index is 2.21. The smallest absolute Gasteiger partial charge is 0.168 e. The van der Waals surface area contributed by atoms with Crippen LogP contribution in [0.4, 0.5) is 0 Å². The molecule has 98 valence electrons. The molecule has 0 amide bonds. The highest BCUT2D eigenvalue weighted by Crippen LogP contribution is 2.42. The zero-order valence-corrected chi connectivity index (χ0v) is 12.2. The molecule has 0 saturated carbocycles. The highest BCUT2D eigenvalue weighted by atomic mass is 32.1. The first-order chi connectivity index (χ1) is 9.15. The van der Waals surface area contributed by atoms with Gasteiger partial charge in [-0.1, -0.05) is 6.92 Å². The van der Waals surface area contributed by atoms with Crippen molar-refractivity contribution in [3.05, 3.63) is 22.1 Å². The maximum absolute atomic E-state index is 4.74. The topological polar surface area (TPSA) is 43.1 Å². The first kappa shape index (κ1) is 11.3. The SMILES string of the molecule is Cc1nc2c3c4c(sc3nc(C)n2n1)CCC[C@@H]4C. The normalized spacial score (nSPS) is 19.2. The Kier molecular flexibility index (Phi) is 2.24. The monoisotopic (exact) mass is 272 g/mol. The Morgan fingerprint density at radius 2 is 2.11 bits per heavy atom. The van der Waals surface area contributed by atoms with E-state index in [0.717, 1.165) is 22.1 Å². The fourth-order valence-corrected chi connectivity index (χ4v) is 4.56. The molecule has 0 aliphatic heterocycles. The number of thiophene rings is 1. The lowest BCUT2D eigenvalue weighted by Gasteiger charge is -2.18. The van der Waals surface area contributed by atoms with Gasteiger partial charge in [0.2, 0.25) is 0 Å². The second kappa shape index (κ2) is 3.76. The van der Waals surface area contributed by atoms with Crippen LogP contribution in [0.5, 0.6) is 0 Å². The van der Waals surface area contributed by atoms with Gasteiger partial charge in [0.1, 0.15) is 16.5 Å². The Labute approximate surface area is 115 Å². The van der Waals surface area contributed by atoms with Crippen molar-refractivity contribution in [2.75, 3.05) is 0 Å². The molecule has 5 heteroatoms. The summed E-state index contributed by atoms with van der Waals surface area (Å²) in [5.74, 6) is 2.36. The van der Waals surface area contributed by atoms with Gasteiger partial charge in [-0.25, -0.2) is 9.97 Å². The summed E-state index contributed by atoms with van der Waals surface area (Å²) in [4.78, 5) is 12.0. The van der Waals surface area contributed by atoms with Crippen molar-refractivity contribution in [1.82, 2.24) is 19.6 Å². The van der Waals surface area contributed by atoms with Crippen molar-refractivity contribution in [2.24, 2.45) is 0 Å². The summed E-state index contributed by atoms with van der Waals surface area (Å²) in [5, 5.41) is 5.71. The van der Waals surface area contributed by atoms with Crippen LogP contribution in [0.15, 0.2) is 0 Å². The Morgan fingerprint density at radius 1 is 1.26 bits per heavy atom. The van der Waals surface area contributed by atoms with Crippen LogP contribution in [0.2, 0.25) is 0 Å². The van der Waals surface area contributed by atoms with E-state index in [0.29, 0.717) is 5.92 Å². The predicted molar refractivity (Wildman–Crippen MR) is 77.0 cm³/mol. The largest absolute Gasteiger partial charge is 0.222 e. The van der Waals surface area contributed by atoms with Gasteiger partial charge in [-0.2, -0.15) is 4.52 Å². The third kappa shape index (κ3) is 1.48. The summed E-state index contributed by atoms with van der Waals surface area (Å²) in [6, 6.07) is 0. The average molecular weight is 272 g/mol. The Morgan fingerprint density at radius 3 is 2.95 bits per heavy atom. The second-order valence-electron chi connectivity index (χ2n) is 5.47. The molecule has 19 heavy (non-hydrogen) atoms. The third-order valence-electron chi connectivity index (χ3n) is 4.04. The number of hydrogen-bond acceptors (Lipinski definition) is 4. The summed E-state index contributed by atoms with van der Waals surface area (Å²) in [7, 11) is 0. The quantitative estimate of drug-likeness (QED) is 0.630. The molecule has 0 bridgehead atoms. The van der Waals surface area contributed by atoms with Crippen LogP contribution in [-0.4, -0.2) is 19.6 Å².